The highest BCUT2D eigenvalue weighted by atomic mass is 16.4. The number of hydrogen-bond acceptors (Lipinski definition) is 3. The molecule has 1 atom stereocenters. The summed E-state index contributed by atoms with van der Waals surface area (Å²) in [5.74, 6) is 0.580. The number of aliphatic hydroxyl groups is 1. The number of benzene rings is 1. The Labute approximate surface area is 116 Å². The summed E-state index contributed by atoms with van der Waals surface area (Å²) in [5, 5.41) is 11.6. The van der Waals surface area contributed by atoms with Gasteiger partial charge in [-0.3, -0.25) is 0 Å². The van der Waals surface area contributed by atoms with Crippen molar-refractivity contribution in [1.82, 2.24) is 9.55 Å². The van der Waals surface area contributed by atoms with E-state index in [0.29, 0.717) is 11.8 Å². The number of aliphatic hydroxyl groups excluding tert-OH is 1. The number of para-hydroxylation sites is 1. The highest BCUT2D eigenvalue weighted by molar-refractivity contribution is 5.81. The van der Waals surface area contributed by atoms with Crippen molar-refractivity contribution in [2.45, 2.75) is 31.9 Å². The number of aryl methyl sites for hydroxylation is 1. The van der Waals surface area contributed by atoms with E-state index in [2.05, 4.69) is 9.55 Å². The minimum absolute atomic E-state index is 0.494. The molecule has 1 aromatic carbocycles. The van der Waals surface area contributed by atoms with E-state index in [4.69, 9.17) is 4.42 Å². The molecular formula is C16H16N2O2. The first-order chi connectivity index (χ1) is 9.74. The maximum absolute atomic E-state index is 10.6. The van der Waals surface area contributed by atoms with E-state index >= 15 is 0 Å². The van der Waals surface area contributed by atoms with Gasteiger partial charge >= 0.3 is 0 Å². The monoisotopic (exact) mass is 268 g/mol. The molecule has 0 bridgehead atoms. The van der Waals surface area contributed by atoms with Crippen molar-refractivity contribution in [3.05, 3.63) is 53.8 Å². The van der Waals surface area contributed by atoms with Gasteiger partial charge in [-0.15, -0.1) is 0 Å². The van der Waals surface area contributed by atoms with Crippen LogP contribution in [0.1, 0.15) is 42.0 Å². The molecule has 0 aliphatic heterocycles. The Kier molecular flexibility index (Phi) is 2.47. The average Bonchev–Trinajstić information content (AvgIpc) is 3.02. The lowest BCUT2D eigenvalue weighted by molar-refractivity contribution is 0.183. The first-order valence-electron chi connectivity index (χ1n) is 6.93. The van der Waals surface area contributed by atoms with Crippen LogP contribution < -0.4 is 0 Å². The lowest BCUT2D eigenvalue weighted by Gasteiger charge is -2.10. The molecule has 1 saturated carbocycles. The second-order valence-electron chi connectivity index (χ2n) is 5.50. The molecule has 4 heteroatoms. The van der Waals surface area contributed by atoms with E-state index in [9.17, 15) is 5.11 Å². The molecule has 1 unspecified atom stereocenters. The standard InChI is InChI=1S/C16H16N2O2/c1-10-3-2-4-11-7-14(20-16(10)11)15(19)13-8-17-9-18(13)12-5-6-12/h2-4,7-9,12,15,19H,5-6H2,1H3. The fraction of sp³-hybridized carbons (Fsp3) is 0.312. The molecule has 0 amide bonds. The summed E-state index contributed by atoms with van der Waals surface area (Å²) >= 11 is 0. The van der Waals surface area contributed by atoms with Gasteiger partial charge in [0.1, 0.15) is 11.3 Å². The van der Waals surface area contributed by atoms with E-state index in [1.807, 2.05) is 31.2 Å². The van der Waals surface area contributed by atoms with Crippen LogP contribution in [0.5, 0.6) is 0 Å². The number of aromatic nitrogens is 2. The van der Waals surface area contributed by atoms with Gasteiger partial charge in [-0.25, -0.2) is 4.98 Å². The van der Waals surface area contributed by atoms with E-state index in [0.717, 1.165) is 35.1 Å². The Hall–Kier alpha value is -2.07. The number of furan rings is 1. The van der Waals surface area contributed by atoms with Crippen LogP contribution in [0.25, 0.3) is 11.0 Å². The van der Waals surface area contributed by atoms with Gasteiger partial charge in [0, 0.05) is 11.4 Å². The highest BCUT2D eigenvalue weighted by Crippen LogP contribution is 2.38. The van der Waals surface area contributed by atoms with Crippen molar-refractivity contribution in [3.63, 3.8) is 0 Å². The lowest BCUT2D eigenvalue weighted by atomic mass is 10.1. The quantitative estimate of drug-likeness (QED) is 0.792. The summed E-state index contributed by atoms with van der Waals surface area (Å²) < 4.78 is 7.91. The van der Waals surface area contributed by atoms with Gasteiger partial charge in [-0.1, -0.05) is 18.2 Å². The van der Waals surface area contributed by atoms with Crippen LogP contribution in [0.2, 0.25) is 0 Å². The smallest absolute Gasteiger partial charge is 0.153 e. The van der Waals surface area contributed by atoms with E-state index in [1.165, 1.54) is 0 Å². The second kappa shape index (κ2) is 4.21. The van der Waals surface area contributed by atoms with Gasteiger partial charge in [-0.2, -0.15) is 0 Å². The second-order valence-corrected chi connectivity index (χ2v) is 5.50. The summed E-state index contributed by atoms with van der Waals surface area (Å²) in [4.78, 5) is 4.16. The molecule has 0 radical (unpaired) electrons. The molecule has 2 heterocycles. The van der Waals surface area contributed by atoms with Gasteiger partial charge in [0.2, 0.25) is 0 Å². The summed E-state index contributed by atoms with van der Waals surface area (Å²) in [5.41, 5.74) is 2.74. The van der Waals surface area contributed by atoms with Crippen LogP contribution in [0, 0.1) is 6.92 Å². The van der Waals surface area contributed by atoms with Gasteiger partial charge < -0.3 is 14.1 Å². The van der Waals surface area contributed by atoms with Gasteiger partial charge in [0.15, 0.2) is 6.10 Å². The zero-order valence-corrected chi connectivity index (χ0v) is 11.3. The molecule has 3 aromatic rings. The van der Waals surface area contributed by atoms with Crippen molar-refractivity contribution in [1.29, 1.82) is 0 Å². The number of hydrogen-bond donors (Lipinski definition) is 1. The van der Waals surface area contributed by atoms with Crippen LogP contribution in [-0.4, -0.2) is 14.7 Å². The average molecular weight is 268 g/mol. The molecule has 4 rings (SSSR count). The van der Waals surface area contributed by atoms with Gasteiger partial charge in [-0.05, 0) is 31.4 Å². The van der Waals surface area contributed by atoms with Crippen LogP contribution >= 0.6 is 0 Å². The Morgan fingerprint density at radius 1 is 1.40 bits per heavy atom. The van der Waals surface area contributed by atoms with Crippen molar-refractivity contribution in [3.8, 4) is 0 Å². The van der Waals surface area contributed by atoms with Gasteiger partial charge in [0.25, 0.3) is 0 Å². The minimum Gasteiger partial charge on any atom is -0.458 e. The minimum atomic E-state index is -0.759. The van der Waals surface area contributed by atoms with Crippen LogP contribution in [0.15, 0.2) is 41.2 Å². The molecule has 1 aliphatic carbocycles. The molecule has 1 aliphatic rings. The highest BCUT2D eigenvalue weighted by Gasteiger charge is 2.29. The van der Waals surface area contributed by atoms with Crippen molar-refractivity contribution in [2.75, 3.05) is 0 Å². The molecule has 0 spiro atoms. The zero-order chi connectivity index (χ0) is 13.7. The molecular weight excluding hydrogens is 252 g/mol. The zero-order valence-electron chi connectivity index (χ0n) is 11.3. The largest absolute Gasteiger partial charge is 0.458 e. The third-order valence-electron chi connectivity index (χ3n) is 3.95. The first-order valence-corrected chi connectivity index (χ1v) is 6.93. The topological polar surface area (TPSA) is 51.2 Å². The molecule has 0 saturated heterocycles. The summed E-state index contributed by atoms with van der Waals surface area (Å²) in [6, 6.07) is 8.42. The third kappa shape index (κ3) is 1.76. The normalized spacial score (nSPS) is 16.7. The predicted molar refractivity (Wildman–Crippen MR) is 75.5 cm³/mol. The molecule has 102 valence electrons. The fourth-order valence-electron chi connectivity index (χ4n) is 2.69. The lowest BCUT2D eigenvalue weighted by Crippen LogP contribution is -2.06. The fourth-order valence-corrected chi connectivity index (χ4v) is 2.69. The summed E-state index contributed by atoms with van der Waals surface area (Å²) in [6.07, 6.45) is 5.09. The van der Waals surface area contributed by atoms with E-state index < -0.39 is 6.10 Å². The first kappa shape index (κ1) is 11.7. The van der Waals surface area contributed by atoms with Crippen molar-refractivity contribution < 1.29 is 9.52 Å². The summed E-state index contributed by atoms with van der Waals surface area (Å²) in [7, 11) is 0. The number of rotatable bonds is 3. The van der Waals surface area contributed by atoms with Crippen LogP contribution in [-0.2, 0) is 0 Å². The predicted octanol–water partition coefficient (Wildman–Crippen LogP) is 3.35. The molecule has 20 heavy (non-hydrogen) atoms. The third-order valence-corrected chi connectivity index (χ3v) is 3.95. The SMILES string of the molecule is Cc1cccc2cc(C(O)c3cncn3C3CC3)oc12. The molecule has 1 fully saturated rings. The molecule has 2 aromatic heterocycles. The Balaban J connectivity index is 1.78. The number of imidazole rings is 1. The maximum Gasteiger partial charge on any atom is 0.153 e. The maximum atomic E-state index is 10.6. The Morgan fingerprint density at radius 2 is 2.25 bits per heavy atom. The molecule has 1 N–H and O–H groups in total. The van der Waals surface area contributed by atoms with Crippen molar-refractivity contribution in [2.24, 2.45) is 0 Å². The Bertz CT molecular complexity index is 768. The van der Waals surface area contributed by atoms with Crippen LogP contribution in [0.3, 0.4) is 0 Å². The van der Waals surface area contributed by atoms with E-state index in [-0.39, 0.29) is 0 Å². The number of fused-ring (bicyclic) bond motifs is 1. The number of nitrogens with zero attached hydrogens (tertiary/aromatic N) is 2. The van der Waals surface area contributed by atoms with Crippen molar-refractivity contribution >= 4 is 11.0 Å². The van der Waals surface area contributed by atoms with E-state index in [1.54, 1.807) is 12.5 Å². The Morgan fingerprint density at radius 3 is 3.00 bits per heavy atom. The summed E-state index contributed by atoms with van der Waals surface area (Å²) in [6.45, 7) is 2.01. The van der Waals surface area contributed by atoms with Gasteiger partial charge in [0.05, 0.1) is 18.2 Å². The molecule has 4 nitrogen and oxygen atoms in total. The van der Waals surface area contributed by atoms with Crippen LogP contribution in [0.4, 0.5) is 0 Å².